The van der Waals surface area contributed by atoms with Crippen LogP contribution in [0.3, 0.4) is 0 Å². The summed E-state index contributed by atoms with van der Waals surface area (Å²) in [5, 5.41) is 3.42. The van der Waals surface area contributed by atoms with Crippen molar-refractivity contribution in [2.45, 2.75) is 19.8 Å². The molecule has 3 N–H and O–H groups in total. The van der Waals surface area contributed by atoms with E-state index in [4.69, 9.17) is 17.3 Å². The lowest BCUT2D eigenvalue weighted by atomic mass is 10.3. The molecular formula is C10H17ClN4S. The third kappa shape index (κ3) is 4.06. The Morgan fingerprint density at radius 3 is 2.81 bits per heavy atom. The van der Waals surface area contributed by atoms with E-state index < -0.39 is 0 Å². The molecule has 4 nitrogen and oxygen atoms in total. The molecule has 0 aromatic carbocycles. The minimum Gasteiger partial charge on any atom is -0.394 e. The summed E-state index contributed by atoms with van der Waals surface area (Å²) >= 11 is 7.62. The number of halogens is 1. The fourth-order valence-corrected chi connectivity index (χ4v) is 1.96. The average Bonchev–Trinajstić information content (AvgIpc) is 2.24. The summed E-state index contributed by atoms with van der Waals surface area (Å²) in [6, 6.07) is 0. The Kier molecular flexibility index (Phi) is 5.69. The van der Waals surface area contributed by atoms with Crippen molar-refractivity contribution in [2.24, 2.45) is 0 Å². The van der Waals surface area contributed by atoms with E-state index in [1.54, 1.807) is 0 Å². The highest BCUT2D eigenvalue weighted by molar-refractivity contribution is 7.98. The van der Waals surface area contributed by atoms with Crippen molar-refractivity contribution in [3.05, 3.63) is 11.0 Å². The topological polar surface area (TPSA) is 63.8 Å². The van der Waals surface area contributed by atoms with Crippen LogP contribution in [0.1, 0.15) is 18.5 Å². The highest BCUT2D eigenvalue weighted by Crippen LogP contribution is 2.20. The first kappa shape index (κ1) is 13.4. The zero-order valence-electron chi connectivity index (χ0n) is 9.59. The van der Waals surface area contributed by atoms with Crippen LogP contribution in [0.2, 0.25) is 5.28 Å². The van der Waals surface area contributed by atoms with Crippen molar-refractivity contribution in [2.75, 3.05) is 29.6 Å². The standard InChI is InChI=1S/C10H17ClN4S/c1-7-8(12)9(15-10(11)14-7)13-5-3-4-6-16-2/h3-6,12H2,1-2H3,(H,13,14,15). The van der Waals surface area contributed by atoms with Gasteiger partial charge in [0.05, 0.1) is 11.4 Å². The zero-order valence-corrected chi connectivity index (χ0v) is 11.2. The number of nitrogens with zero attached hydrogens (tertiary/aromatic N) is 2. The maximum Gasteiger partial charge on any atom is 0.224 e. The molecule has 0 aliphatic rings. The van der Waals surface area contributed by atoms with Crippen molar-refractivity contribution in [3.8, 4) is 0 Å². The molecule has 16 heavy (non-hydrogen) atoms. The van der Waals surface area contributed by atoms with E-state index in [9.17, 15) is 0 Å². The van der Waals surface area contributed by atoms with E-state index in [0.717, 1.165) is 13.0 Å². The Morgan fingerprint density at radius 1 is 1.38 bits per heavy atom. The number of anilines is 2. The molecule has 0 fully saturated rings. The largest absolute Gasteiger partial charge is 0.394 e. The molecule has 0 spiro atoms. The molecular weight excluding hydrogens is 244 g/mol. The Morgan fingerprint density at radius 2 is 2.12 bits per heavy atom. The number of nitrogens with two attached hydrogens (primary N) is 1. The molecule has 0 radical (unpaired) electrons. The van der Waals surface area contributed by atoms with Crippen LogP contribution in [0.25, 0.3) is 0 Å². The van der Waals surface area contributed by atoms with Gasteiger partial charge in [-0.25, -0.2) is 4.98 Å². The number of aromatic nitrogens is 2. The maximum absolute atomic E-state index is 5.84. The number of nitrogen functional groups attached to an aromatic ring is 1. The number of thioether (sulfide) groups is 1. The first-order valence-electron chi connectivity index (χ1n) is 5.17. The number of rotatable bonds is 6. The Labute approximate surface area is 105 Å². The monoisotopic (exact) mass is 260 g/mol. The average molecular weight is 261 g/mol. The summed E-state index contributed by atoms with van der Waals surface area (Å²) in [5.41, 5.74) is 7.13. The van der Waals surface area contributed by atoms with Crippen LogP contribution in [0.4, 0.5) is 11.5 Å². The van der Waals surface area contributed by atoms with E-state index in [0.29, 0.717) is 17.2 Å². The molecule has 0 unspecified atom stereocenters. The van der Waals surface area contributed by atoms with Crippen LogP contribution in [0, 0.1) is 6.92 Å². The number of hydrogen-bond donors (Lipinski definition) is 2. The minimum atomic E-state index is 0.235. The maximum atomic E-state index is 5.84. The molecule has 0 bridgehead atoms. The van der Waals surface area contributed by atoms with Gasteiger partial charge in [-0.15, -0.1) is 0 Å². The summed E-state index contributed by atoms with van der Waals surface area (Å²) < 4.78 is 0. The highest BCUT2D eigenvalue weighted by atomic mass is 35.5. The predicted molar refractivity (Wildman–Crippen MR) is 72.3 cm³/mol. The molecule has 1 heterocycles. The van der Waals surface area contributed by atoms with E-state index in [2.05, 4.69) is 21.5 Å². The summed E-state index contributed by atoms with van der Waals surface area (Å²) in [6.07, 6.45) is 4.39. The molecule has 90 valence electrons. The van der Waals surface area contributed by atoms with E-state index in [1.807, 2.05) is 18.7 Å². The fourth-order valence-electron chi connectivity index (χ4n) is 1.26. The van der Waals surface area contributed by atoms with Crippen molar-refractivity contribution < 1.29 is 0 Å². The lowest BCUT2D eigenvalue weighted by molar-refractivity contribution is 0.839. The van der Waals surface area contributed by atoms with Gasteiger partial charge in [0.2, 0.25) is 5.28 Å². The van der Waals surface area contributed by atoms with Gasteiger partial charge in [0.15, 0.2) is 5.82 Å². The lowest BCUT2D eigenvalue weighted by Crippen LogP contribution is -2.09. The molecule has 6 heteroatoms. The molecule has 1 aromatic rings. The molecule has 1 rings (SSSR count). The third-order valence-electron chi connectivity index (χ3n) is 2.18. The number of unbranched alkanes of at least 4 members (excludes halogenated alkanes) is 1. The first-order valence-corrected chi connectivity index (χ1v) is 6.94. The molecule has 0 aliphatic carbocycles. The van der Waals surface area contributed by atoms with Gasteiger partial charge in [0.25, 0.3) is 0 Å². The Bertz CT molecular complexity index is 346. The summed E-state index contributed by atoms with van der Waals surface area (Å²) in [4.78, 5) is 8.04. The van der Waals surface area contributed by atoms with Gasteiger partial charge in [-0.3, -0.25) is 0 Å². The van der Waals surface area contributed by atoms with E-state index in [1.165, 1.54) is 12.2 Å². The van der Waals surface area contributed by atoms with Gasteiger partial charge in [-0.05, 0) is 43.4 Å². The van der Waals surface area contributed by atoms with Gasteiger partial charge in [-0.2, -0.15) is 16.7 Å². The summed E-state index contributed by atoms with van der Waals surface area (Å²) in [7, 11) is 0. The number of hydrogen-bond acceptors (Lipinski definition) is 5. The van der Waals surface area contributed by atoms with E-state index in [-0.39, 0.29) is 5.28 Å². The molecule has 0 amide bonds. The zero-order chi connectivity index (χ0) is 12.0. The van der Waals surface area contributed by atoms with Crippen molar-refractivity contribution >= 4 is 34.9 Å². The molecule has 0 saturated heterocycles. The van der Waals surface area contributed by atoms with Crippen LogP contribution >= 0.6 is 23.4 Å². The smallest absolute Gasteiger partial charge is 0.224 e. The second kappa shape index (κ2) is 6.81. The quantitative estimate of drug-likeness (QED) is 0.608. The van der Waals surface area contributed by atoms with E-state index >= 15 is 0 Å². The van der Waals surface area contributed by atoms with Crippen LogP contribution in [0.5, 0.6) is 0 Å². The van der Waals surface area contributed by atoms with Gasteiger partial charge in [0, 0.05) is 6.54 Å². The fraction of sp³-hybridized carbons (Fsp3) is 0.600. The van der Waals surface area contributed by atoms with Gasteiger partial charge < -0.3 is 11.1 Å². The Balaban J connectivity index is 2.47. The van der Waals surface area contributed by atoms with Gasteiger partial charge in [-0.1, -0.05) is 0 Å². The Hall–Kier alpha value is -0.680. The predicted octanol–water partition coefficient (Wildman–Crippen LogP) is 2.58. The van der Waals surface area contributed by atoms with Crippen LogP contribution in [-0.2, 0) is 0 Å². The van der Waals surface area contributed by atoms with Crippen LogP contribution in [-0.4, -0.2) is 28.5 Å². The van der Waals surface area contributed by atoms with Crippen molar-refractivity contribution in [3.63, 3.8) is 0 Å². The third-order valence-corrected chi connectivity index (χ3v) is 3.04. The molecule has 0 atom stereocenters. The number of nitrogens with one attached hydrogen (secondary N) is 1. The lowest BCUT2D eigenvalue weighted by Gasteiger charge is -2.09. The highest BCUT2D eigenvalue weighted by Gasteiger charge is 2.06. The molecule has 0 aliphatic heterocycles. The second-order valence-electron chi connectivity index (χ2n) is 3.47. The summed E-state index contributed by atoms with van der Waals surface area (Å²) in [6.45, 7) is 2.68. The van der Waals surface area contributed by atoms with Crippen LogP contribution in [0.15, 0.2) is 0 Å². The molecule has 1 aromatic heterocycles. The second-order valence-corrected chi connectivity index (χ2v) is 4.79. The minimum absolute atomic E-state index is 0.235. The van der Waals surface area contributed by atoms with Crippen molar-refractivity contribution in [1.82, 2.24) is 9.97 Å². The summed E-state index contributed by atoms with van der Waals surface area (Å²) in [5.74, 6) is 1.82. The van der Waals surface area contributed by atoms with Crippen molar-refractivity contribution in [1.29, 1.82) is 0 Å². The number of aryl methyl sites for hydroxylation is 1. The SMILES string of the molecule is CSCCCCNc1nc(Cl)nc(C)c1N. The normalized spacial score (nSPS) is 10.4. The van der Waals surface area contributed by atoms with Crippen LogP contribution < -0.4 is 11.1 Å². The first-order chi connectivity index (χ1) is 7.65. The van der Waals surface area contributed by atoms with Gasteiger partial charge >= 0.3 is 0 Å². The van der Waals surface area contributed by atoms with Gasteiger partial charge in [0.1, 0.15) is 0 Å². The molecule has 0 saturated carbocycles.